The highest BCUT2D eigenvalue weighted by Crippen LogP contribution is 2.18. The second kappa shape index (κ2) is 47.4. The summed E-state index contributed by atoms with van der Waals surface area (Å²) >= 11 is 0. The van der Waals surface area contributed by atoms with Crippen molar-refractivity contribution in [1.82, 2.24) is 5.32 Å². The van der Waals surface area contributed by atoms with Gasteiger partial charge in [-0.05, 0) is 77.0 Å². The van der Waals surface area contributed by atoms with Crippen LogP contribution in [0, 0.1) is 0 Å². The molecule has 0 aliphatic heterocycles. The molecule has 348 valence electrons. The van der Waals surface area contributed by atoms with E-state index in [-0.39, 0.29) is 24.9 Å². The van der Waals surface area contributed by atoms with E-state index in [1.54, 1.807) is 0 Å². The first-order valence-electron chi connectivity index (χ1n) is 26.1. The average molecular weight is 832 g/mol. The summed E-state index contributed by atoms with van der Waals surface area (Å²) in [7, 11) is 0. The third-order valence-corrected chi connectivity index (χ3v) is 12.0. The van der Waals surface area contributed by atoms with Crippen LogP contribution in [0.1, 0.15) is 278 Å². The number of hydrogen-bond acceptors (Lipinski definition) is 5. The molecule has 0 bridgehead atoms. The Labute approximate surface area is 367 Å². The SMILES string of the molecule is CCCCCC/C=C\CCCCCCCCCC(=O)OC(CCCCC/C=C/CCCCCCCCC)CC(=O)NC(CO)C(O)CCCCCCCCCCCCC. The molecule has 0 aliphatic rings. The minimum absolute atomic E-state index is 0.0692. The van der Waals surface area contributed by atoms with Crippen LogP contribution in [0.5, 0.6) is 0 Å². The lowest BCUT2D eigenvalue weighted by atomic mass is 10.0. The molecule has 3 unspecified atom stereocenters. The van der Waals surface area contributed by atoms with E-state index in [1.165, 1.54) is 167 Å². The maximum atomic E-state index is 13.2. The van der Waals surface area contributed by atoms with Crippen molar-refractivity contribution in [2.45, 2.75) is 296 Å². The van der Waals surface area contributed by atoms with Gasteiger partial charge in [-0.3, -0.25) is 9.59 Å². The summed E-state index contributed by atoms with van der Waals surface area (Å²) in [6.45, 7) is 6.47. The lowest BCUT2D eigenvalue weighted by molar-refractivity contribution is -0.151. The van der Waals surface area contributed by atoms with E-state index in [0.717, 1.165) is 64.2 Å². The van der Waals surface area contributed by atoms with Crippen LogP contribution in [0.3, 0.4) is 0 Å². The van der Waals surface area contributed by atoms with Crippen molar-refractivity contribution in [3.8, 4) is 0 Å². The zero-order chi connectivity index (χ0) is 43.1. The monoisotopic (exact) mass is 832 g/mol. The van der Waals surface area contributed by atoms with Gasteiger partial charge in [-0.2, -0.15) is 0 Å². The van der Waals surface area contributed by atoms with Crippen molar-refractivity contribution in [2.75, 3.05) is 6.61 Å². The van der Waals surface area contributed by atoms with Crippen LogP contribution >= 0.6 is 0 Å². The van der Waals surface area contributed by atoms with Gasteiger partial charge in [0.2, 0.25) is 5.91 Å². The molecule has 0 spiro atoms. The van der Waals surface area contributed by atoms with Crippen molar-refractivity contribution < 1.29 is 24.5 Å². The number of carbonyl (C=O) groups excluding carboxylic acids is 2. The van der Waals surface area contributed by atoms with Gasteiger partial charge in [0.15, 0.2) is 0 Å². The van der Waals surface area contributed by atoms with Gasteiger partial charge in [-0.25, -0.2) is 0 Å². The van der Waals surface area contributed by atoms with Gasteiger partial charge < -0.3 is 20.3 Å². The fraction of sp³-hybridized carbons (Fsp3) is 0.887. The molecule has 0 saturated heterocycles. The molecule has 0 radical (unpaired) electrons. The molecular formula is C53H101NO5. The second-order valence-electron chi connectivity index (χ2n) is 17.9. The topological polar surface area (TPSA) is 95.9 Å². The quantitative estimate of drug-likeness (QED) is 0.0322. The summed E-state index contributed by atoms with van der Waals surface area (Å²) in [5.41, 5.74) is 0. The first-order valence-corrected chi connectivity index (χ1v) is 26.1. The summed E-state index contributed by atoms with van der Waals surface area (Å²) in [4.78, 5) is 26.1. The molecule has 0 fully saturated rings. The Morgan fingerprint density at radius 2 is 0.814 bits per heavy atom. The van der Waals surface area contributed by atoms with E-state index in [2.05, 4.69) is 50.4 Å². The molecule has 0 saturated carbocycles. The van der Waals surface area contributed by atoms with Gasteiger partial charge in [0.05, 0.1) is 25.2 Å². The molecule has 3 atom stereocenters. The molecule has 0 aromatic carbocycles. The molecule has 0 aliphatic carbocycles. The van der Waals surface area contributed by atoms with Crippen molar-refractivity contribution in [2.24, 2.45) is 0 Å². The normalized spacial score (nSPS) is 13.4. The Balaban J connectivity index is 4.58. The number of esters is 1. The third-order valence-electron chi connectivity index (χ3n) is 12.0. The van der Waals surface area contributed by atoms with Crippen LogP contribution in [0.4, 0.5) is 0 Å². The summed E-state index contributed by atoms with van der Waals surface area (Å²) in [6.07, 6.45) is 53.8. The van der Waals surface area contributed by atoms with Crippen LogP contribution in [0.15, 0.2) is 24.3 Å². The molecule has 0 heterocycles. The molecule has 1 amide bonds. The molecule has 3 N–H and O–H groups in total. The predicted octanol–water partition coefficient (Wildman–Crippen LogP) is 15.5. The predicted molar refractivity (Wildman–Crippen MR) is 255 cm³/mol. The summed E-state index contributed by atoms with van der Waals surface area (Å²) in [5.74, 6) is -0.483. The highest BCUT2D eigenvalue weighted by atomic mass is 16.5. The first kappa shape index (κ1) is 57.3. The second-order valence-corrected chi connectivity index (χ2v) is 17.9. The first-order chi connectivity index (χ1) is 29.0. The smallest absolute Gasteiger partial charge is 0.306 e. The van der Waals surface area contributed by atoms with E-state index < -0.39 is 18.2 Å². The van der Waals surface area contributed by atoms with Crippen molar-refractivity contribution >= 4 is 11.9 Å². The van der Waals surface area contributed by atoms with Crippen molar-refractivity contribution in [1.29, 1.82) is 0 Å². The van der Waals surface area contributed by atoms with E-state index in [9.17, 15) is 19.8 Å². The maximum absolute atomic E-state index is 13.2. The number of amides is 1. The third kappa shape index (κ3) is 42.8. The van der Waals surface area contributed by atoms with Crippen LogP contribution in [-0.4, -0.2) is 46.9 Å². The van der Waals surface area contributed by atoms with Crippen LogP contribution < -0.4 is 5.32 Å². The zero-order valence-corrected chi connectivity index (χ0v) is 39.7. The highest BCUT2D eigenvalue weighted by Gasteiger charge is 2.24. The van der Waals surface area contributed by atoms with Crippen molar-refractivity contribution in [3.05, 3.63) is 24.3 Å². The van der Waals surface area contributed by atoms with Crippen molar-refractivity contribution in [3.63, 3.8) is 0 Å². The molecule has 6 heteroatoms. The minimum atomic E-state index is -0.788. The standard InChI is InChI=1S/C53H101NO5/c1-4-7-10-13-16-19-22-24-26-28-31-34-37-40-43-46-53(58)59-49(44-41-38-35-32-30-27-25-23-20-17-14-11-8-5-2)47-52(57)54-50(48-55)51(56)45-42-39-36-33-29-21-18-15-12-9-6-3/h19,22,27,30,49-51,55-56H,4-18,20-21,23-26,28-29,31-48H2,1-3H3,(H,54,57)/b22-19-,30-27+. The molecule has 0 rings (SSSR count). The lowest BCUT2D eigenvalue weighted by Crippen LogP contribution is -2.46. The lowest BCUT2D eigenvalue weighted by Gasteiger charge is -2.24. The fourth-order valence-corrected chi connectivity index (χ4v) is 8.01. The van der Waals surface area contributed by atoms with Gasteiger partial charge in [0, 0.05) is 6.42 Å². The summed E-state index contributed by atoms with van der Waals surface area (Å²) in [6, 6.07) is -0.702. The average Bonchev–Trinajstić information content (AvgIpc) is 3.23. The van der Waals surface area contributed by atoms with Crippen LogP contribution in [0.25, 0.3) is 0 Å². The number of unbranched alkanes of at least 4 members (excludes halogenated alkanes) is 31. The van der Waals surface area contributed by atoms with E-state index in [4.69, 9.17) is 4.74 Å². The Morgan fingerprint density at radius 3 is 1.24 bits per heavy atom. The molecule has 0 aromatic rings. The van der Waals surface area contributed by atoms with Crippen LogP contribution in [0.2, 0.25) is 0 Å². The van der Waals surface area contributed by atoms with Gasteiger partial charge in [0.25, 0.3) is 0 Å². The molecule has 6 nitrogen and oxygen atoms in total. The summed E-state index contributed by atoms with van der Waals surface area (Å²) < 4.78 is 5.93. The number of aliphatic hydroxyl groups is 2. The molecular weight excluding hydrogens is 731 g/mol. The van der Waals surface area contributed by atoms with E-state index in [0.29, 0.717) is 19.3 Å². The van der Waals surface area contributed by atoms with E-state index >= 15 is 0 Å². The maximum Gasteiger partial charge on any atom is 0.306 e. The van der Waals surface area contributed by atoms with Crippen LogP contribution in [-0.2, 0) is 14.3 Å². The number of hydrogen-bond donors (Lipinski definition) is 3. The van der Waals surface area contributed by atoms with E-state index in [1.807, 2.05) is 0 Å². The fourth-order valence-electron chi connectivity index (χ4n) is 8.01. The Hall–Kier alpha value is -1.66. The Kier molecular flexibility index (Phi) is 46.1. The number of rotatable bonds is 47. The number of allylic oxidation sites excluding steroid dienone is 4. The highest BCUT2D eigenvalue weighted by molar-refractivity contribution is 5.77. The zero-order valence-electron chi connectivity index (χ0n) is 39.7. The Bertz CT molecular complexity index is 935. The largest absolute Gasteiger partial charge is 0.462 e. The molecule has 0 aromatic heterocycles. The summed E-state index contributed by atoms with van der Waals surface area (Å²) in [5, 5.41) is 23.7. The number of ether oxygens (including phenoxy) is 1. The number of carbonyl (C=O) groups is 2. The number of aliphatic hydroxyl groups excluding tert-OH is 2. The van der Waals surface area contributed by atoms with Gasteiger partial charge in [-0.1, -0.05) is 212 Å². The molecule has 59 heavy (non-hydrogen) atoms. The number of nitrogens with one attached hydrogen (secondary N) is 1. The van der Waals surface area contributed by atoms with Gasteiger partial charge in [-0.15, -0.1) is 0 Å². The van der Waals surface area contributed by atoms with Gasteiger partial charge >= 0.3 is 5.97 Å². The Morgan fingerprint density at radius 1 is 0.475 bits per heavy atom. The minimum Gasteiger partial charge on any atom is -0.462 e. The van der Waals surface area contributed by atoms with Gasteiger partial charge in [0.1, 0.15) is 6.10 Å².